The number of nitrogens with zero attached hydrogens (tertiary/aromatic N) is 1. The molecule has 0 saturated carbocycles. The third-order valence-corrected chi connectivity index (χ3v) is 6.00. The van der Waals surface area contributed by atoms with E-state index in [1.807, 2.05) is 29.6 Å². The lowest BCUT2D eigenvalue weighted by atomic mass is 9.87. The van der Waals surface area contributed by atoms with Gasteiger partial charge in [-0.2, -0.15) is 0 Å². The predicted molar refractivity (Wildman–Crippen MR) is 119 cm³/mol. The molecule has 0 spiro atoms. The van der Waals surface area contributed by atoms with Crippen LogP contribution in [-0.2, 0) is 10.2 Å². The van der Waals surface area contributed by atoms with Crippen LogP contribution in [0.2, 0.25) is 0 Å². The van der Waals surface area contributed by atoms with E-state index < -0.39 is 0 Å². The van der Waals surface area contributed by atoms with Crippen LogP contribution in [-0.4, -0.2) is 23.8 Å². The minimum atomic E-state index is -0.0551. The van der Waals surface area contributed by atoms with Crippen LogP contribution < -0.4 is 10.1 Å². The van der Waals surface area contributed by atoms with Crippen LogP contribution in [0.4, 0.5) is 5.13 Å². The number of nitrogens with one attached hydrogen (secondary N) is 1. The number of carbonyl (C=O) groups is 1. The number of amides is 1. The number of aromatic nitrogens is 1. The second-order valence-corrected chi connectivity index (χ2v) is 9.28. The predicted octanol–water partition coefficient (Wildman–Crippen LogP) is 5.85. The first-order valence-corrected chi connectivity index (χ1v) is 10.8. The first-order valence-electron chi connectivity index (χ1n) is 8.98. The fraction of sp³-hybridized carbons (Fsp3) is 0.273. The molecule has 0 bridgehead atoms. The maximum atomic E-state index is 12.3. The summed E-state index contributed by atoms with van der Waals surface area (Å²) in [6, 6.07) is 16.1. The summed E-state index contributed by atoms with van der Waals surface area (Å²) in [4.78, 5) is 17.8. The van der Waals surface area contributed by atoms with Crippen LogP contribution in [0.5, 0.6) is 5.75 Å². The fourth-order valence-electron chi connectivity index (χ4n) is 2.58. The van der Waals surface area contributed by atoms with Crippen molar-refractivity contribution in [2.45, 2.75) is 31.1 Å². The van der Waals surface area contributed by atoms with Crippen molar-refractivity contribution in [2.75, 3.05) is 18.2 Å². The molecular weight excluding hydrogens is 388 g/mol. The van der Waals surface area contributed by atoms with Crippen LogP contribution in [0.15, 0.2) is 58.8 Å². The zero-order valence-corrected chi connectivity index (χ0v) is 18.1. The number of thiazole rings is 1. The number of hydrogen-bond acceptors (Lipinski definition) is 5. The molecule has 1 N–H and O–H groups in total. The van der Waals surface area contributed by atoms with Crippen LogP contribution >= 0.6 is 23.1 Å². The van der Waals surface area contributed by atoms with Gasteiger partial charge in [-0.05, 0) is 47.4 Å². The third kappa shape index (κ3) is 5.36. The fourth-order valence-corrected chi connectivity index (χ4v) is 4.02. The maximum Gasteiger partial charge on any atom is 0.236 e. The smallest absolute Gasteiger partial charge is 0.236 e. The topological polar surface area (TPSA) is 51.2 Å². The van der Waals surface area contributed by atoms with E-state index >= 15 is 0 Å². The molecular formula is C22H24N2O2S2. The van der Waals surface area contributed by atoms with Gasteiger partial charge in [0.2, 0.25) is 5.91 Å². The standard InChI is InChI=1S/C22H24N2O2S2/c1-22(2,3)16-7-11-18(12-8-16)27-14-20(25)24-21-23-19(13-28-21)15-5-9-17(26-4)10-6-15/h5-13H,14H2,1-4H3,(H,23,24,25). The van der Waals surface area contributed by atoms with E-state index in [1.165, 1.54) is 28.7 Å². The lowest BCUT2D eigenvalue weighted by Crippen LogP contribution is -2.14. The normalized spacial score (nSPS) is 11.3. The molecule has 0 aliphatic rings. The highest BCUT2D eigenvalue weighted by molar-refractivity contribution is 8.00. The lowest BCUT2D eigenvalue weighted by molar-refractivity contribution is -0.113. The molecule has 4 nitrogen and oxygen atoms in total. The minimum Gasteiger partial charge on any atom is -0.497 e. The molecule has 0 unspecified atom stereocenters. The van der Waals surface area contributed by atoms with E-state index in [-0.39, 0.29) is 11.3 Å². The van der Waals surface area contributed by atoms with Gasteiger partial charge in [0.05, 0.1) is 18.6 Å². The molecule has 6 heteroatoms. The average molecular weight is 413 g/mol. The largest absolute Gasteiger partial charge is 0.497 e. The molecule has 0 atom stereocenters. The Morgan fingerprint density at radius 1 is 1.11 bits per heavy atom. The van der Waals surface area contributed by atoms with Crippen molar-refractivity contribution in [3.8, 4) is 17.0 Å². The first kappa shape index (κ1) is 20.4. The van der Waals surface area contributed by atoms with Gasteiger partial charge in [-0.15, -0.1) is 23.1 Å². The van der Waals surface area contributed by atoms with Crippen LogP contribution in [0, 0.1) is 0 Å². The number of carbonyl (C=O) groups excluding carboxylic acids is 1. The van der Waals surface area contributed by atoms with Gasteiger partial charge in [-0.25, -0.2) is 4.98 Å². The molecule has 28 heavy (non-hydrogen) atoms. The summed E-state index contributed by atoms with van der Waals surface area (Å²) in [6.45, 7) is 6.57. The summed E-state index contributed by atoms with van der Waals surface area (Å²) in [5.41, 5.74) is 3.25. The first-order chi connectivity index (χ1) is 13.3. The lowest BCUT2D eigenvalue weighted by Gasteiger charge is -2.19. The molecule has 0 radical (unpaired) electrons. The second-order valence-electron chi connectivity index (χ2n) is 7.38. The van der Waals surface area contributed by atoms with E-state index in [9.17, 15) is 4.79 Å². The van der Waals surface area contributed by atoms with E-state index in [0.29, 0.717) is 10.9 Å². The maximum absolute atomic E-state index is 12.3. The number of ether oxygens (including phenoxy) is 1. The molecule has 2 aromatic carbocycles. The van der Waals surface area contributed by atoms with Crippen molar-refractivity contribution in [3.63, 3.8) is 0 Å². The molecule has 0 saturated heterocycles. The Kier molecular flexibility index (Phi) is 6.42. The number of methoxy groups -OCH3 is 1. The molecule has 1 aromatic heterocycles. The van der Waals surface area contributed by atoms with Gasteiger partial charge in [0.1, 0.15) is 5.75 Å². The van der Waals surface area contributed by atoms with Crippen molar-refractivity contribution in [1.82, 2.24) is 4.98 Å². The van der Waals surface area contributed by atoms with Crippen molar-refractivity contribution < 1.29 is 9.53 Å². The Labute approximate surface area is 174 Å². The Morgan fingerprint density at radius 3 is 2.39 bits per heavy atom. The van der Waals surface area contributed by atoms with Gasteiger partial charge in [0.15, 0.2) is 5.13 Å². The average Bonchev–Trinajstić information content (AvgIpc) is 3.14. The Morgan fingerprint density at radius 2 is 1.79 bits per heavy atom. The highest BCUT2D eigenvalue weighted by Gasteiger charge is 2.13. The Hall–Kier alpha value is -2.31. The van der Waals surface area contributed by atoms with Crippen LogP contribution in [0.25, 0.3) is 11.3 Å². The van der Waals surface area contributed by atoms with Crippen molar-refractivity contribution >= 4 is 34.1 Å². The molecule has 0 aliphatic heterocycles. The molecule has 3 aromatic rings. The van der Waals surface area contributed by atoms with Crippen LogP contribution in [0.3, 0.4) is 0 Å². The number of rotatable bonds is 6. The second kappa shape index (κ2) is 8.80. The minimum absolute atomic E-state index is 0.0551. The van der Waals surface area contributed by atoms with Gasteiger partial charge in [-0.3, -0.25) is 4.79 Å². The van der Waals surface area contributed by atoms with Gasteiger partial charge in [0, 0.05) is 15.8 Å². The highest BCUT2D eigenvalue weighted by atomic mass is 32.2. The van der Waals surface area contributed by atoms with Crippen molar-refractivity contribution in [3.05, 3.63) is 59.5 Å². The summed E-state index contributed by atoms with van der Waals surface area (Å²) in [6.07, 6.45) is 0. The third-order valence-electron chi connectivity index (χ3n) is 4.23. The van der Waals surface area contributed by atoms with Gasteiger partial charge >= 0.3 is 0 Å². The number of anilines is 1. The number of benzene rings is 2. The number of hydrogen-bond donors (Lipinski definition) is 1. The van der Waals surface area contributed by atoms with Gasteiger partial charge in [0.25, 0.3) is 0 Å². The SMILES string of the molecule is COc1ccc(-c2csc(NC(=O)CSc3ccc(C(C)(C)C)cc3)n2)cc1. The zero-order chi connectivity index (χ0) is 20.1. The van der Waals surface area contributed by atoms with E-state index in [0.717, 1.165) is 21.9 Å². The molecule has 0 fully saturated rings. The van der Waals surface area contributed by atoms with Crippen LogP contribution in [0.1, 0.15) is 26.3 Å². The Balaban J connectivity index is 1.54. The summed E-state index contributed by atoms with van der Waals surface area (Å²) >= 11 is 2.95. The Bertz CT molecular complexity index is 926. The zero-order valence-electron chi connectivity index (χ0n) is 16.5. The number of thioether (sulfide) groups is 1. The van der Waals surface area contributed by atoms with E-state index in [2.05, 4.69) is 55.3 Å². The quantitative estimate of drug-likeness (QED) is 0.516. The molecule has 146 valence electrons. The molecule has 1 heterocycles. The van der Waals surface area contributed by atoms with E-state index in [4.69, 9.17) is 4.74 Å². The van der Waals surface area contributed by atoms with Gasteiger partial charge < -0.3 is 10.1 Å². The molecule has 1 amide bonds. The summed E-state index contributed by atoms with van der Waals surface area (Å²) < 4.78 is 5.17. The highest BCUT2D eigenvalue weighted by Crippen LogP contribution is 2.28. The van der Waals surface area contributed by atoms with Crippen molar-refractivity contribution in [1.29, 1.82) is 0 Å². The summed E-state index contributed by atoms with van der Waals surface area (Å²) in [7, 11) is 1.64. The summed E-state index contributed by atoms with van der Waals surface area (Å²) in [5, 5.41) is 5.43. The van der Waals surface area contributed by atoms with E-state index in [1.54, 1.807) is 7.11 Å². The molecule has 3 rings (SSSR count). The van der Waals surface area contributed by atoms with Crippen molar-refractivity contribution in [2.24, 2.45) is 0 Å². The van der Waals surface area contributed by atoms with Gasteiger partial charge in [-0.1, -0.05) is 32.9 Å². The summed E-state index contributed by atoms with van der Waals surface area (Å²) in [5.74, 6) is 1.10. The monoisotopic (exact) mass is 412 g/mol. The molecule has 0 aliphatic carbocycles.